The summed E-state index contributed by atoms with van der Waals surface area (Å²) in [6.07, 6.45) is 0.909. The third kappa shape index (κ3) is 5.78. The van der Waals surface area contributed by atoms with E-state index in [9.17, 15) is 19.7 Å². The zero-order chi connectivity index (χ0) is 20.7. The van der Waals surface area contributed by atoms with Crippen LogP contribution in [0.4, 0.5) is 5.69 Å². The monoisotopic (exact) mass is 449 g/mol. The highest BCUT2D eigenvalue weighted by atomic mass is 79.9. The number of para-hydroxylation sites is 1. The summed E-state index contributed by atoms with van der Waals surface area (Å²) in [4.78, 5) is 34.7. The van der Waals surface area contributed by atoms with Crippen molar-refractivity contribution in [2.45, 2.75) is 20.3 Å². The van der Waals surface area contributed by atoms with Gasteiger partial charge in [0, 0.05) is 11.6 Å². The number of nitro groups is 1. The summed E-state index contributed by atoms with van der Waals surface area (Å²) in [6, 6.07) is 10.3. The van der Waals surface area contributed by atoms with E-state index in [0.29, 0.717) is 22.7 Å². The molecule has 9 heteroatoms. The fourth-order valence-electron chi connectivity index (χ4n) is 2.24. The Balaban J connectivity index is 1.99. The van der Waals surface area contributed by atoms with Crippen molar-refractivity contribution in [3.05, 3.63) is 68.2 Å². The Labute approximate surface area is 170 Å². The van der Waals surface area contributed by atoms with Crippen LogP contribution in [0, 0.1) is 16.0 Å². The molecule has 0 aromatic heterocycles. The zero-order valence-corrected chi connectivity index (χ0v) is 17.0. The average Bonchev–Trinajstić information content (AvgIpc) is 2.66. The van der Waals surface area contributed by atoms with Crippen LogP contribution in [0.1, 0.15) is 41.0 Å². The molecule has 2 aromatic carbocycles. The van der Waals surface area contributed by atoms with Gasteiger partial charge in [-0.1, -0.05) is 26.0 Å². The first-order valence-corrected chi connectivity index (χ1v) is 9.35. The number of hydrogen-bond donors (Lipinski definition) is 2. The highest BCUT2D eigenvalue weighted by Crippen LogP contribution is 2.26. The summed E-state index contributed by atoms with van der Waals surface area (Å²) >= 11 is 3.36. The van der Waals surface area contributed by atoms with Gasteiger partial charge in [0.25, 0.3) is 17.5 Å². The second-order valence-corrected chi connectivity index (χ2v) is 7.21. The van der Waals surface area contributed by atoms with E-state index in [-0.39, 0.29) is 16.8 Å². The normalized spacial score (nSPS) is 10.4. The largest absolute Gasteiger partial charge is 0.492 e. The molecular formula is C19H20BrN3O5. The van der Waals surface area contributed by atoms with E-state index in [1.807, 2.05) is 0 Å². The van der Waals surface area contributed by atoms with Crippen LogP contribution in [0.2, 0.25) is 0 Å². The molecule has 0 saturated carbocycles. The summed E-state index contributed by atoms with van der Waals surface area (Å²) in [5, 5.41) is 11.0. The van der Waals surface area contributed by atoms with E-state index in [0.717, 1.165) is 6.42 Å². The Morgan fingerprint density at radius 1 is 1.14 bits per heavy atom. The van der Waals surface area contributed by atoms with Crippen LogP contribution in [0.5, 0.6) is 5.75 Å². The van der Waals surface area contributed by atoms with Crippen LogP contribution in [-0.2, 0) is 0 Å². The average molecular weight is 450 g/mol. The lowest BCUT2D eigenvalue weighted by atomic mass is 10.1. The van der Waals surface area contributed by atoms with Gasteiger partial charge in [-0.3, -0.25) is 30.6 Å². The number of nitro benzene ring substituents is 1. The van der Waals surface area contributed by atoms with Gasteiger partial charge in [-0.2, -0.15) is 0 Å². The maximum Gasteiger partial charge on any atom is 0.282 e. The number of carbonyl (C=O) groups excluding carboxylic acids is 2. The number of nitrogens with zero attached hydrogens (tertiary/aromatic N) is 1. The molecule has 0 saturated heterocycles. The molecule has 0 spiro atoms. The fourth-order valence-corrected chi connectivity index (χ4v) is 2.73. The minimum Gasteiger partial charge on any atom is -0.492 e. The van der Waals surface area contributed by atoms with Crippen LogP contribution in [0.25, 0.3) is 0 Å². The van der Waals surface area contributed by atoms with Gasteiger partial charge in [0.05, 0.1) is 16.0 Å². The number of hydrazine groups is 1. The van der Waals surface area contributed by atoms with Crippen molar-refractivity contribution in [3.63, 3.8) is 0 Å². The number of halogens is 1. The molecule has 0 fully saturated rings. The number of ether oxygens (including phenoxy) is 1. The van der Waals surface area contributed by atoms with E-state index >= 15 is 0 Å². The maximum absolute atomic E-state index is 12.2. The van der Waals surface area contributed by atoms with Crippen LogP contribution < -0.4 is 15.6 Å². The first-order valence-electron chi connectivity index (χ1n) is 8.56. The van der Waals surface area contributed by atoms with E-state index in [1.54, 1.807) is 18.2 Å². The van der Waals surface area contributed by atoms with Gasteiger partial charge < -0.3 is 4.74 Å². The van der Waals surface area contributed by atoms with Crippen LogP contribution >= 0.6 is 15.9 Å². The number of nitrogens with one attached hydrogen (secondary N) is 2. The summed E-state index contributed by atoms with van der Waals surface area (Å²) in [5.74, 6) is -0.219. The van der Waals surface area contributed by atoms with Crippen molar-refractivity contribution in [3.8, 4) is 5.75 Å². The molecule has 0 atom stereocenters. The second-order valence-electron chi connectivity index (χ2n) is 6.36. The Bertz CT molecular complexity index is 886. The Kier molecular flexibility index (Phi) is 7.51. The first-order chi connectivity index (χ1) is 13.3. The van der Waals surface area contributed by atoms with Crippen molar-refractivity contribution in [2.75, 3.05) is 6.61 Å². The predicted octanol–water partition coefficient (Wildman–Crippen LogP) is 3.86. The molecule has 0 aliphatic rings. The summed E-state index contributed by atoms with van der Waals surface area (Å²) in [6.45, 7) is 4.77. The summed E-state index contributed by atoms with van der Waals surface area (Å²) in [7, 11) is 0. The number of hydrogen-bond acceptors (Lipinski definition) is 5. The second kappa shape index (κ2) is 9.84. The van der Waals surface area contributed by atoms with Crippen molar-refractivity contribution < 1.29 is 19.2 Å². The van der Waals surface area contributed by atoms with Gasteiger partial charge in [-0.15, -0.1) is 0 Å². The molecule has 0 radical (unpaired) electrons. The minimum absolute atomic E-state index is 0.150. The molecule has 2 aromatic rings. The van der Waals surface area contributed by atoms with Gasteiger partial charge >= 0.3 is 0 Å². The summed E-state index contributed by atoms with van der Waals surface area (Å²) < 4.78 is 6.27. The Hall–Kier alpha value is -2.94. The topological polar surface area (TPSA) is 111 Å². The van der Waals surface area contributed by atoms with Crippen LogP contribution in [-0.4, -0.2) is 23.3 Å². The van der Waals surface area contributed by atoms with Gasteiger partial charge in [0.1, 0.15) is 11.3 Å². The molecule has 0 heterocycles. The van der Waals surface area contributed by atoms with Crippen molar-refractivity contribution in [2.24, 2.45) is 5.92 Å². The van der Waals surface area contributed by atoms with Gasteiger partial charge in [0.15, 0.2) is 0 Å². The third-order valence-corrected chi connectivity index (χ3v) is 4.40. The standard InChI is InChI=1S/C19H20BrN3O5/c1-12(2)9-10-28-17-8-7-13(11-15(17)20)18(24)21-22-19(25)14-5-3-4-6-16(14)23(26)27/h3-8,11-12H,9-10H2,1-2H3,(H,21,24)(H,22,25). The maximum atomic E-state index is 12.2. The Morgan fingerprint density at radius 2 is 1.82 bits per heavy atom. The van der Waals surface area contributed by atoms with Crippen LogP contribution in [0.3, 0.4) is 0 Å². The van der Waals surface area contributed by atoms with Crippen molar-refractivity contribution >= 4 is 33.4 Å². The molecule has 0 bridgehead atoms. The van der Waals surface area contributed by atoms with Crippen molar-refractivity contribution in [1.29, 1.82) is 0 Å². The molecule has 28 heavy (non-hydrogen) atoms. The first kappa shape index (κ1) is 21.4. The van der Waals surface area contributed by atoms with E-state index in [4.69, 9.17) is 4.74 Å². The number of carbonyl (C=O) groups is 2. The van der Waals surface area contributed by atoms with Gasteiger partial charge in [0.2, 0.25) is 0 Å². The molecule has 0 unspecified atom stereocenters. The molecule has 0 aliphatic heterocycles. The van der Waals surface area contributed by atoms with Gasteiger partial charge in [-0.25, -0.2) is 0 Å². The SMILES string of the molecule is CC(C)CCOc1ccc(C(=O)NNC(=O)c2ccccc2[N+](=O)[O-])cc1Br. The third-order valence-electron chi connectivity index (χ3n) is 3.78. The van der Waals surface area contributed by atoms with E-state index in [2.05, 4.69) is 40.6 Å². The summed E-state index contributed by atoms with van der Waals surface area (Å²) in [5.41, 5.74) is 4.22. The van der Waals surface area contributed by atoms with Crippen LogP contribution in [0.15, 0.2) is 46.9 Å². The van der Waals surface area contributed by atoms with E-state index in [1.165, 1.54) is 24.3 Å². The van der Waals surface area contributed by atoms with Gasteiger partial charge in [-0.05, 0) is 52.5 Å². The lowest BCUT2D eigenvalue weighted by molar-refractivity contribution is -0.385. The molecule has 0 aliphatic carbocycles. The molecule has 2 rings (SSSR count). The fraction of sp³-hybridized carbons (Fsp3) is 0.263. The molecular weight excluding hydrogens is 430 g/mol. The lowest BCUT2D eigenvalue weighted by Crippen LogP contribution is -2.41. The highest BCUT2D eigenvalue weighted by molar-refractivity contribution is 9.10. The number of benzene rings is 2. The molecule has 2 N–H and O–H groups in total. The molecule has 8 nitrogen and oxygen atoms in total. The number of amides is 2. The number of rotatable bonds is 7. The highest BCUT2D eigenvalue weighted by Gasteiger charge is 2.19. The van der Waals surface area contributed by atoms with E-state index < -0.39 is 16.7 Å². The predicted molar refractivity (Wildman–Crippen MR) is 107 cm³/mol. The quantitative estimate of drug-likeness (QED) is 0.492. The smallest absolute Gasteiger partial charge is 0.282 e. The molecule has 2 amide bonds. The zero-order valence-electron chi connectivity index (χ0n) is 15.4. The lowest BCUT2D eigenvalue weighted by Gasteiger charge is -2.11. The van der Waals surface area contributed by atoms with Crippen molar-refractivity contribution in [1.82, 2.24) is 10.9 Å². The Morgan fingerprint density at radius 3 is 2.46 bits per heavy atom. The molecule has 148 valence electrons. The minimum atomic E-state index is -0.784.